The van der Waals surface area contributed by atoms with Crippen LogP contribution < -0.4 is 11.1 Å². The molecule has 1 fully saturated rings. The number of carbonyl (C=O) groups is 2. The molecule has 2 rings (SSSR count). The van der Waals surface area contributed by atoms with Crippen molar-refractivity contribution in [3.05, 3.63) is 35.4 Å². The molecule has 1 aliphatic carbocycles. The molecule has 4 heteroatoms. The molecule has 3 N–H and O–H groups in total. The summed E-state index contributed by atoms with van der Waals surface area (Å²) < 4.78 is 0. The summed E-state index contributed by atoms with van der Waals surface area (Å²) in [6.45, 7) is 4.00. The van der Waals surface area contributed by atoms with Crippen LogP contribution in [0.1, 0.15) is 74.2 Å². The molecule has 1 saturated carbocycles. The van der Waals surface area contributed by atoms with Gasteiger partial charge in [0.15, 0.2) is 0 Å². The van der Waals surface area contributed by atoms with Crippen molar-refractivity contribution < 1.29 is 9.59 Å². The van der Waals surface area contributed by atoms with Crippen LogP contribution in [0.15, 0.2) is 24.3 Å². The van der Waals surface area contributed by atoms with Crippen molar-refractivity contribution in [1.82, 2.24) is 5.32 Å². The van der Waals surface area contributed by atoms with Gasteiger partial charge >= 0.3 is 0 Å². The van der Waals surface area contributed by atoms with Gasteiger partial charge in [0.05, 0.1) is 0 Å². The maximum Gasteiger partial charge on any atom is 0.251 e. The van der Waals surface area contributed by atoms with E-state index in [-0.39, 0.29) is 5.91 Å². The lowest BCUT2D eigenvalue weighted by atomic mass is 9.84. The molecule has 0 bridgehead atoms. The Bertz CT molecular complexity index is 531. The second-order valence-electron chi connectivity index (χ2n) is 7.01. The molecule has 23 heavy (non-hydrogen) atoms. The number of rotatable bonds is 6. The summed E-state index contributed by atoms with van der Waals surface area (Å²) in [4.78, 5) is 23.8. The van der Waals surface area contributed by atoms with E-state index in [1.54, 1.807) is 0 Å². The fourth-order valence-electron chi connectivity index (χ4n) is 3.30. The van der Waals surface area contributed by atoms with Crippen molar-refractivity contribution in [2.75, 3.05) is 0 Å². The summed E-state index contributed by atoms with van der Waals surface area (Å²) in [7, 11) is 0. The van der Waals surface area contributed by atoms with Crippen LogP contribution in [0.4, 0.5) is 0 Å². The Morgan fingerprint density at radius 3 is 2.26 bits per heavy atom. The number of primary amides is 1. The minimum Gasteiger partial charge on any atom is -0.368 e. The highest BCUT2D eigenvalue weighted by Crippen LogP contribution is 2.32. The van der Waals surface area contributed by atoms with Gasteiger partial charge in [-0.3, -0.25) is 9.59 Å². The minimum absolute atomic E-state index is 0.232. The van der Waals surface area contributed by atoms with E-state index in [0.29, 0.717) is 23.8 Å². The standard InChI is InChI=1S/C19H28N2O2/c1-13(2)12-17(18(20)22)21-19(23)16-10-8-15(9-11-16)14-6-4-3-5-7-14/h8-11,13-14,17H,3-7,12H2,1-2H3,(H2,20,22)(H,21,23). The van der Waals surface area contributed by atoms with Gasteiger partial charge in [0, 0.05) is 5.56 Å². The van der Waals surface area contributed by atoms with E-state index in [2.05, 4.69) is 5.32 Å². The maximum atomic E-state index is 12.3. The van der Waals surface area contributed by atoms with Crippen LogP contribution in [0.5, 0.6) is 0 Å². The molecule has 0 heterocycles. The van der Waals surface area contributed by atoms with E-state index >= 15 is 0 Å². The third kappa shape index (κ3) is 5.08. The van der Waals surface area contributed by atoms with Crippen LogP contribution in [-0.2, 0) is 4.79 Å². The number of carbonyl (C=O) groups excluding carboxylic acids is 2. The van der Waals surface area contributed by atoms with Crippen molar-refractivity contribution in [1.29, 1.82) is 0 Å². The third-order valence-corrected chi connectivity index (χ3v) is 4.61. The molecule has 0 spiro atoms. The van der Waals surface area contributed by atoms with Gasteiger partial charge in [0.1, 0.15) is 6.04 Å². The number of hydrogen-bond acceptors (Lipinski definition) is 2. The quantitative estimate of drug-likeness (QED) is 0.844. The van der Waals surface area contributed by atoms with Gasteiger partial charge in [-0.05, 0) is 48.8 Å². The van der Waals surface area contributed by atoms with Crippen molar-refractivity contribution in [3.63, 3.8) is 0 Å². The molecule has 1 aromatic rings. The van der Waals surface area contributed by atoms with E-state index in [9.17, 15) is 9.59 Å². The van der Waals surface area contributed by atoms with E-state index in [1.807, 2.05) is 38.1 Å². The summed E-state index contributed by atoms with van der Waals surface area (Å²) in [5, 5.41) is 2.75. The van der Waals surface area contributed by atoms with E-state index in [1.165, 1.54) is 37.7 Å². The Labute approximate surface area is 138 Å². The maximum absolute atomic E-state index is 12.3. The van der Waals surface area contributed by atoms with Gasteiger partial charge in [-0.15, -0.1) is 0 Å². The number of hydrogen-bond donors (Lipinski definition) is 2. The molecule has 0 radical (unpaired) electrons. The number of nitrogens with two attached hydrogens (primary N) is 1. The molecular weight excluding hydrogens is 288 g/mol. The van der Waals surface area contributed by atoms with Crippen LogP contribution in [0.25, 0.3) is 0 Å². The highest BCUT2D eigenvalue weighted by molar-refractivity contribution is 5.97. The number of amides is 2. The first-order valence-corrected chi connectivity index (χ1v) is 8.67. The lowest BCUT2D eigenvalue weighted by Crippen LogP contribution is -2.45. The van der Waals surface area contributed by atoms with Crippen LogP contribution in [-0.4, -0.2) is 17.9 Å². The summed E-state index contributed by atoms with van der Waals surface area (Å²) in [6, 6.07) is 7.19. The zero-order valence-corrected chi connectivity index (χ0v) is 14.2. The van der Waals surface area contributed by atoms with Gasteiger partial charge in [0.25, 0.3) is 5.91 Å². The van der Waals surface area contributed by atoms with Crippen molar-refractivity contribution in [2.24, 2.45) is 11.7 Å². The normalized spacial score (nSPS) is 17.0. The molecule has 1 unspecified atom stereocenters. The Kier molecular flexibility index (Phi) is 6.20. The minimum atomic E-state index is -0.611. The number of nitrogens with one attached hydrogen (secondary N) is 1. The molecule has 1 aliphatic rings. The fourth-order valence-corrected chi connectivity index (χ4v) is 3.30. The van der Waals surface area contributed by atoms with Gasteiger partial charge in [-0.25, -0.2) is 0 Å². The first kappa shape index (κ1) is 17.5. The van der Waals surface area contributed by atoms with Crippen molar-refractivity contribution >= 4 is 11.8 Å². The average molecular weight is 316 g/mol. The highest BCUT2D eigenvalue weighted by atomic mass is 16.2. The zero-order chi connectivity index (χ0) is 16.8. The van der Waals surface area contributed by atoms with Gasteiger partial charge < -0.3 is 11.1 Å². The third-order valence-electron chi connectivity index (χ3n) is 4.61. The molecule has 4 nitrogen and oxygen atoms in total. The first-order valence-electron chi connectivity index (χ1n) is 8.67. The van der Waals surface area contributed by atoms with Crippen LogP contribution in [0, 0.1) is 5.92 Å². The molecule has 0 saturated heterocycles. The summed E-state index contributed by atoms with van der Waals surface area (Å²) >= 11 is 0. The highest BCUT2D eigenvalue weighted by Gasteiger charge is 2.20. The Balaban J connectivity index is 2.00. The molecule has 1 atom stereocenters. The molecule has 0 aliphatic heterocycles. The van der Waals surface area contributed by atoms with Crippen LogP contribution in [0.3, 0.4) is 0 Å². The largest absolute Gasteiger partial charge is 0.368 e. The Morgan fingerprint density at radius 2 is 1.74 bits per heavy atom. The SMILES string of the molecule is CC(C)CC(NC(=O)c1ccc(C2CCCCC2)cc1)C(N)=O. The number of benzene rings is 1. The second-order valence-corrected chi connectivity index (χ2v) is 7.01. The van der Waals surface area contributed by atoms with Gasteiger partial charge in [0.2, 0.25) is 5.91 Å². The smallest absolute Gasteiger partial charge is 0.251 e. The lowest BCUT2D eigenvalue weighted by molar-refractivity contribution is -0.120. The Hall–Kier alpha value is -1.84. The van der Waals surface area contributed by atoms with E-state index in [0.717, 1.165) is 0 Å². The van der Waals surface area contributed by atoms with Crippen LogP contribution in [0.2, 0.25) is 0 Å². The average Bonchev–Trinajstić information content (AvgIpc) is 2.54. The zero-order valence-electron chi connectivity index (χ0n) is 14.2. The summed E-state index contributed by atoms with van der Waals surface area (Å²) in [5.41, 5.74) is 7.28. The summed E-state index contributed by atoms with van der Waals surface area (Å²) in [5.74, 6) is 0.206. The predicted octanol–water partition coefficient (Wildman–Crippen LogP) is 3.36. The summed E-state index contributed by atoms with van der Waals surface area (Å²) in [6.07, 6.45) is 6.96. The predicted molar refractivity (Wildman–Crippen MR) is 92.2 cm³/mol. The molecule has 2 amide bonds. The van der Waals surface area contributed by atoms with E-state index < -0.39 is 11.9 Å². The first-order chi connectivity index (χ1) is 11.0. The molecule has 1 aromatic carbocycles. The van der Waals surface area contributed by atoms with Crippen LogP contribution >= 0.6 is 0 Å². The monoisotopic (exact) mass is 316 g/mol. The Morgan fingerprint density at radius 1 is 1.13 bits per heavy atom. The topological polar surface area (TPSA) is 72.2 Å². The lowest BCUT2D eigenvalue weighted by Gasteiger charge is -2.22. The molecule has 126 valence electrons. The molecular formula is C19H28N2O2. The van der Waals surface area contributed by atoms with E-state index in [4.69, 9.17) is 5.73 Å². The van der Waals surface area contributed by atoms with Crippen molar-refractivity contribution in [2.45, 2.75) is 64.3 Å². The van der Waals surface area contributed by atoms with Gasteiger partial charge in [-0.1, -0.05) is 45.2 Å². The molecule has 0 aromatic heterocycles. The van der Waals surface area contributed by atoms with Gasteiger partial charge in [-0.2, -0.15) is 0 Å². The fraction of sp³-hybridized carbons (Fsp3) is 0.579. The van der Waals surface area contributed by atoms with Crippen molar-refractivity contribution in [3.8, 4) is 0 Å². The second kappa shape index (κ2) is 8.14.